The van der Waals surface area contributed by atoms with Crippen LogP contribution in [0, 0.1) is 0 Å². The molecule has 2 aromatic carbocycles. The van der Waals surface area contributed by atoms with E-state index in [4.69, 9.17) is 0 Å². The Morgan fingerprint density at radius 1 is 0.962 bits per heavy atom. The molecular weight excluding hydrogens is 367 g/mol. The maximum absolute atomic E-state index is 12.6. The van der Waals surface area contributed by atoms with Crippen molar-refractivity contribution in [1.29, 1.82) is 0 Å². The van der Waals surface area contributed by atoms with E-state index in [1.54, 1.807) is 19.2 Å². The fourth-order valence-electron chi connectivity index (χ4n) is 2.41. The van der Waals surface area contributed by atoms with Gasteiger partial charge < -0.3 is 4.90 Å². The molecule has 0 bridgehead atoms. The van der Waals surface area contributed by atoms with Crippen LogP contribution in [0.2, 0.25) is 0 Å². The quantitative estimate of drug-likeness (QED) is 0.791. The van der Waals surface area contributed by atoms with Gasteiger partial charge in [-0.15, -0.1) is 0 Å². The Morgan fingerprint density at radius 2 is 1.46 bits per heavy atom. The van der Waals surface area contributed by atoms with Gasteiger partial charge in [0.1, 0.15) is 0 Å². The average molecular weight is 385 g/mol. The summed E-state index contributed by atoms with van der Waals surface area (Å²) in [4.78, 5) is 13.8. The van der Waals surface area contributed by atoms with Gasteiger partial charge >= 0.3 is 6.18 Å². The Kier molecular flexibility index (Phi) is 5.75. The molecule has 1 amide bonds. The fourth-order valence-corrected chi connectivity index (χ4v) is 3.21. The summed E-state index contributed by atoms with van der Waals surface area (Å²) in [7, 11) is -1.61. The predicted molar refractivity (Wildman–Crippen MR) is 92.2 cm³/mol. The number of carbonyl (C=O) groups excluding carboxylic acids is 1. The molecule has 0 saturated carbocycles. The molecule has 0 N–H and O–H groups in total. The van der Waals surface area contributed by atoms with E-state index in [0.29, 0.717) is 16.7 Å². The van der Waals surface area contributed by atoms with Gasteiger partial charge in [0.05, 0.1) is 11.3 Å². The number of hydrogen-bond acceptors (Lipinski definition) is 3. The van der Waals surface area contributed by atoms with Crippen LogP contribution in [-0.4, -0.2) is 32.5 Å². The van der Waals surface area contributed by atoms with E-state index in [-0.39, 0.29) is 18.2 Å². The van der Waals surface area contributed by atoms with Crippen molar-refractivity contribution in [3.63, 3.8) is 0 Å². The highest BCUT2D eigenvalue weighted by Crippen LogP contribution is 2.29. The van der Waals surface area contributed by atoms with E-state index in [0.717, 1.165) is 18.4 Å². The molecule has 140 valence electrons. The second-order valence-electron chi connectivity index (χ2n) is 6.12. The highest BCUT2D eigenvalue weighted by molar-refractivity contribution is 7.89. The molecule has 26 heavy (non-hydrogen) atoms. The zero-order valence-electron chi connectivity index (χ0n) is 14.2. The fraction of sp³-hybridized carbons (Fsp3) is 0.278. The van der Waals surface area contributed by atoms with Crippen molar-refractivity contribution in [1.82, 2.24) is 4.90 Å². The summed E-state index contributed by atoms with van der Waals surface area (Å²) in [6.45, 7) is 0.155. The summed E-state index contributed by atoms with van der Waals surface area (Å²) in [5.41, 5.74) is 0.783. The van der Waals surface area contributed by atoms with E-state index in [2.05, 4.69) is 0 Å². The van der Waals surface area contributed by atoms with E-state index < -0.39 is 21.6 Å². The molecule has 0 aromatic heterocycles. The van der Waals surface area contributed by atoms with Gasteiger partial charge in [-0.05, 0) is 35.4 Å². The molecule has 8 heteroatoms. The number of rotatable bonds is 5. The molecule has 0 saturated heterocycles. The Hall–Kier alpha value is -2.35. The summed E-state index contributed by atoms with van der Waals surface area (Å²) >= 11 is 0. The number of alkyl halides is 3. The number of nitrogens with zero attached hydrogens (tertiary/aromatic N) is 1. The van der Waals surface area contributed by atoms with Gasteiger partial charge in [-0.25, -0.2) is 8.42 Å². The van der Waals surface area contributed by atoms with Crippen molar-refractivity contribution in [2.45, 2.75) is 18.5 Å². The summed E-state index contributed by atoms with van der Waals surface area (Å²) in [6.07, 6.45) is -3.27. The van der Waals surface area contributed by atoms with Crippen molar-refractivity contribution in [3.05, 3.63) is 70.8 Å². The van der Waals surface area contributed by atoms with Crippen LogP contribution in [0.15, 0.2) is 48.5 Å². The number of hydrogen-bond donors (Lipinski definition) is 0. The standard InChI is InChI=1S/C18H18F3NO3S/c1-22(11-13-5-9-16(10-6-13)18(19,20)21)17(23)15-7-3-14(4-8-15)12-26(2,24)25/h3-10H,11-12H2,1-2H3. The maximum atomic E-state index is 12.6. The van der Waals surface area contributed by atoms with Crippen LogP contribution in [0.4, 0.5) is 13.2 Å². The van der Waals surface area contributed by atoms with Crippen LogP contribution in [0.25, 0.3) is 0 Å². The lowest BCUT2D eigenvalue weighted by Gasteiger charge is -2.18. The SMILES string of the molecule is CN(Cc1ccc(C(F)(F)F)cc1)C(=O)c1ccc(CS(C)(=O)=O)cc1. The second kappa shape index (κ2) is 7.49. The van der Waals surface area contributed by atoms with Crippen molar-refractivity contribution >= 4 is 15.7 Å². The molecule has 0 aliphatic carbocycles. The third kappa shape index (κ3) is 5.59. The second-order valence-corrected chi connectivity index (χ2v) is 8.26. The number of benzene rings is 2. The largest absolute Gasteiger partial charge is 0.416 e. The van der Waals surface area contributed by atoms with Crippen molar-refractivity contribution in [2.24, 2.45) is 0 Å². The summed E-state index contributed by atoms with van der Waals surface area (Å²) < 4.78 is 60.2. The minimum atomic E-state index is -4.39. The van der Waals surface area contributed by atoms with Crippen molar-refractivity contribution in [2.75, 3.05) is 13.3 Å². The van der Waals surface area contributed by atoms with E-state index in [1.807, 2.05) is 0 Å². The molecule has 0 radical (unpaired) electrons. The van der Waals surface area contributed by atoms with E-state index in [1.165, 1.54) is 29.2 Å². The zero-order valence-corrected chi connectivity index (χ0v) is 15.1. The molecular formula is C18H18F3NO3S. The molecule has 0 spiro atoms. The number of amides is 1. The van der Waals surface area contributed by atoms with Crippen molar-refractivity contribution < 1.29 is 26.4 Å². The first-order valence-electron chi connectivity index (χ1n) is 7.64. The van der Waals surface area contributed by atoms with Crippen LogP contribution in [0.3, 0.4) is 0 Å². The summed E-state index contributed by atoms with van der Waals surface area (Å²) in [6, 6.07) is 10.8. The molecule has 0 aliphatic rings. The molecule has 0 fully saturated rings. The summed E-state index contributed by atoms with van der Waals surface area (Å²) in [5, 5.41) is 0. The average Bonchev–Trinajstić information content (AvgIpc) is 2.53. The van der Waals surface area contributed by atoms with Crippen LogP contribution < -0.4 is 0 Å². The minimum Gasteiger partial charge on any atom is -0.337 e. The summed E-state index contributed by atoms with van der Waals surface area (Å²) in [5.74, 6) is -0.418. The monoisotopic (exact) mass is 385 g/mol. The smallest absolute Gasteiger partial charge is 0.337 e. The van der Waals surface area contributed by atoms with Gasteiger partial charge in [0.2, 0.25) is 0 Å². The number of carbonyl (C=O) groups is 1. The van der Waals surface area contributed by atoms with Crippen LogP contribution >= 0.6 is 0 Å². The predicted octanol–water partition coefficient (Wildman–Crippen LogP) is 3.52. The Labute approximate surface area is 150 Å². The third-order valence-electron chi connectivity index (χ3n) is 3.68. The first kappa shape index (κ1) is 20.0. The Bertz CT molecular complexity index is 873. The first-order chi connectivity index (χ1) is 12.0. The zero-order chi connectivity index (χ0) is 19.5. The normalized spacial score (nSPS) is 12.0. The molecule has 0 atom stereocenters. The van der Waals surface area contributed by atoms with Crippen molar-refractivity contribution in [3.8, 4) is 0 Å². The topological polar surface area (TPSA) is 54.5 Å². The van der Waals surface area contributed by atoms with Gasteiger partial charge in [-0.3, -0.25) is 4.79 Å². The third-order valence-corrected chi connectivity index (χ3v) is 4.54. The lowest BCUT2D eigenvalue weighted by atomic mass is 10.1. The van der Waals surface area contributed by atoms with Gasteiger partial charge in [-0.2, -0.15) is 13.2 Å². The minimum absolute atomic E-state index is 0.108. The molecule has 2 rings (SSSR count). The molecule has 2 aromatic rings. The Balaban J connectivity index is 2.05. The highest BCUT2D eigenvalue weighted by atomic mass is 32.2. The van der Waals surface area contributed by atoms with Crippen LogP contribution in [0.1, 0.15) is 27.0 Å². The molecule has 0 unspecified atom stereocenters. The van der Waals surface area contributed by atoms with Gasteiger partial charge in [0, 0.05) is 25.4 Å². The Morgan fingerprint density at radius 3 is 1.92 bits per heavy atom. The van der Waals surface area contributed by atoms with Crippen LogP contribution in [0.5, 0.6) is 0 Å². The van der Waals surface area contributed by atoms with Gasteiger partial charge in [-0.1, -0.05) is 24.3 Å². The first-order valence-corrected chi connectivity index (χ1v) is 9.70. The number of halogens is 3. The molecule has 0 heterocycles. The lowest BCUT2D eigenvalue weighted by molar-refractivity contribution is -0.137. The molecule has 0 aliphatic heterocycles. The maximum Gasteiger partial charge on any atom is 0.416 e. The lowest BCUT2D eigenvalue weighted by Crippen LogP contribution is -2.26. The molecule has 4 nitrogen and oxygen atoms in total. The highest BCUT2D eigenvalue weighted by Gasteiger charge is 2.30. The van der Waals surface area contributed by atoms with Gasteiger partial charge in [0.25, 0.3) is 5.91 Å². The van der Waals surface area contributed by atoms with Gasteiger partial charge in [0.15, 0.2) is 9.84 Å². The van der Waals surface area contributed by atoms with Crippen LogP contribution in [-0.2, 0) is 28.3 Å². The van der Waals surface area contributed by atoms with E-state index >= 15 is 0 Å². The van der Waals surface area contributed by atoms with E-state index in [9.17, 15) is 26.4 Å². The number of sulfone groups is 1.